The molecular formula is C12H11N3O2S2. The van der Waals surface area contributed by atoms with Crippen LogP contribution in [0.4, 0.5) is 0 Å². The van der Waals surface area contributed by atoms with Crippen molar-refractivity contribution in [3.05, 3.63) is 34.2 Å². The number of furan rings is 1. The second-order valence-electron chi connectivity index (χ2n) is 3.91. The lowest BCUT2D eigenvalue weighted by atomic mass is 10.3. The van der Waals surface area contributed by atoms with E-state index in [0.717, 1.165) is 27.8 Å². The quantitative estimate of drug-likeness (QED) is 0.683. The molecule has 0 aliphatic heterocycles. The van der Waals surface area contributed by atoms with E-state index in [1.54, 1.807) is 17.6 Å². The fourth-order valence-corrected chi connectivity index (χ4v) is 2.97. The molecule has 0 amide bonds. The summed E-state index contributed by atoms with van der Waals surface area (Å²) >= 11 is 3.13. The van der Waals surface area contributed by atoms with E-state index in [4.69, 9.17) is 8.83 Å². The molecule has 0 saturated carbocycles. The predicted molar refractivity (Wildman–Crippen MR) is 73.1 cm³/mol. The zero-order chi connectivity index (χ0) is 13.2. The van der Waals surface area contributed by atoms with Crippen molar-refractivity contribution >= 4 is 23.1 Å². The van der Waals surface area contributed by atoms with E-state index < -0.39 is 0 Å². The Hall–Kier alpha value is -1.60. The molecule has 0 saturated heterocycles. The van der Waals surface area contributed by atoms with Crippen molar-refractivity contribution in [2.75, 3.05) is 0 Å². The summed E-state index contributed by atoms with van der Waals surface area (Å²) in [4.78, 5) is 4.39. The highest BCUT2D eigenvalue weighted by Gasteiger charge is 2.13. The largest absolute Gasteiger partial charge is 0.469 e. The Morgan fingerprint density at radius 2 is 2.21 bits per heavy atom. The zero-order valence-electron chi connectivity index (χ0n) is 10.4. The van der Waals surface area contributed by atoms with Crippen molar-refractivity contribution in [3.63, 3.8) is 0 Å². The van der Waals surface area contributed by atoms with Crippen LogP contribution in [0.15, 0.2) is 31.8 Å². The summed E-state index contributed by atoms with van der Waals surface area (Å²) in [6, 6.07) is 1.82. The van der Waals surface area contributed by atoms with Gasteiger partial charge >= 0.3 is 0 Å². The van der Waals surface area contributed by atoms with Gasteiger partial charge in [0.2, 0.25) is 0 Å². The molecule has 3 aromatic heterocycles. The topological polar surface area (TPSA) is 65.0 Å². The summed E-state index contributed by atoms with van der Waals surface area (Å²) in [7, 11) is 0. The number of nitrogens with zero attached hydrogens (tertiary/aromatic N) is 3. The van der Waals surface area contributed by atoms with E-state index in [9.17, 15) is 0 Å². The van der Waals surface area contributed by atoms with Crippen LogP contribution in [0.2, 0.25) is 0 Å². The average Bonchev–Trinajstić information content (AvgIpc) is 3.07. The molecule has 0 unspecified atom stereocenters. The van der Waals surface area contributed by atoms with E-state index in [2.05, 4.69) is 15.2 Å². The third-order valence-corrected chi connectivity index (χ3v) is 4.18. The highest BCUT2D eigenvalue weighted by Crippen LogP contribution is 2.28. The maximum absolute atomic E-state index is 5.59. The van der Waals surface area contributed by atoms with Crippen LogP contribution >= 0.6 is 23.1 Å². The minimum atomic E-state index is 0.489. The third-order valence-electron chi connectivity index (χ3n) is 2.51. The van der Waals surface area contributed by atoms with E-state index in [1.165, 1.54) is 11.8 Å². The molecule has 98 valence electrons. The number of rotatable bonds is 4. The second-order valence-corrected chi connectivity index (χ2v) is 5.90. The Labute approximate surface area is 118 Å². The molecule has 0 radical (unpaired) electrons. The molecule has 0 aromatic carbocycles. The van der Waals surface area contributed by atoms with Gasteiger partial charge in [-0.15, -0.1) is 21.5 Å². The van der Waals surface area contributed by atoms with Gasteiger partial charge in [0.1, 0.15) is 5.76 Å². The summed E-state index contributed by atoms with van der Waals surface area (Å²) in [5.41, 5.74) is 1.87. The first kappa shape index (κ1) is 12.4. The molecule has 0 fully saturated rings. The molecule has 7 heteroatoms. The van der Waals surface area contributed by atoms with Crippen molar-refractivity contribution in [2.45, 2.75) is 24.8 Å². The first-order chi connectivity index (χ1) is 9.22. The number of aryl methyl sites for hydroxylation is 2. The van der Waals surface area contributed by atoms with Crippen molar-refractivity contribution in [1.82, 2.24) is 15.2 Å². The van der Waals surface area contributed by atoms with Gasteiger partial charge < -0.3 is 8.83 Å². The van der Waals surface area contributed by atoms with Gasteiger partial charge in [-0.05, 0) is 19.9 Å². The Morgan fingerprint density at radius 1 is 1.32 bits per heavy atom. The lowest BCUT2D eigenvalue weighted by molar-refractivity contribution is 0.463. The van der Waals surface area contributed by atoms with Crippen LogP contribution < -0.4 is 0 Å². The maximum Gasteiger partial charge on any atom is 0.277 e. The average molecular weight is 293 g/mol. The predicted octanol–water partition coefficient (Wildman–Crippen LogP) is 3.70. The number of hydrogen-bond acceptors (Lipinski definition) is 7. The molecule has 0 aliphatic carbocycles. The van der Waals surface area contributed by atoms with Gasteiger partial charge in [-0.25, -0.2) is 4.98 Å². The van der Waals surface area contributed by atoms with E-state index >= 15 is 0 Å². The molecule has 0 spiro atoms. The summed E-state index contributed by atoms with van der Waals surface area (Å²) in [5.74, 6) is 2.00. The molecule has 0 N–H and O–H groups in total. The van der Waals surface area contributed by atoms with Gasteiger partial charge in [0.15, 0.2) is 0 Å². The molecule has 0 atom stereocenters. The Balaban J connectivity index is 1.70. The standard InChI is InChI=1S/C12H11N3O2S2/c1-7-10(3-4-16-7)11-14-15-12(17-11)19-6-9-5-18-8(2)13-9/h3-5H,6H2,1-2H3. The Bertz CT molecular complexity index is 687. The van der Waals surface area contributed by atoms with Crippen molar-refractivity contribution < 1.29 is 8.83 Å². The Kier molecular flexibility index (Phi) is 3.39. The van der Waals surface area contributed by atoms with Crippen LogP contribution in [-0.4, -0.2) is 15.2 Å². The van der Waals surface area contributed by atoms with Gasteiger partial charge in [0.05, 0.1) is 22.5 Å². The molecule has 5 nitrogen and oxygen atoms in total. The van der Waals surface area contributed by atoms with E-state index in [1.807, 2.05) is 25.3 Å². The molecule has 0 aliphatic rings. The van der Waals surface area contributed by atoms with Gasteiger partial charge in [0, 0.05) is 11.1 Å². The first-order valence-electron chi connectivity index (χ1n) is 5.64. The lowest BCUT2D eigenvalue weighted by Crippen LogP contribution is -1.80. The van der Waals surface area contributed by atoms with Crippen LogP contribution in [0, 0.1) is 13.8 Å². The van der Waals surface area contributed by atoms with Gasteiger partial charge in [0.25, 0.3) is 11.1 Å². The van der Waals surface area contributed by atoms with Gasteiger partial charge in [-0.2, -0.15) is 0 Å². The van der Waals surface area contributed by atoms with Gasteiger partial charge in [-0.1, -0.05) is 11.8 Å². The third kappa shape index (κ3) is 2.71. The summed E-state index contributed by atoms with van der Waals surface area (Å²) in [6.07, 6.45) is 1.61. The van der Waals surface area contributed by atoms with Crippen LogP contribution in [-0.2, 0) is 5.75 Å². The van der Waals surface area contributed by atoms with Crippen LogP contribution in [0.5, 0.6) is 0 Å². The smallest absolute Gasteiger partial charge is 0.277 e. The number of hydrogen-bond donors (Lipinski definition) is 0. The first-order valence-corrected chi connectivity index (χ1v) is 7.50. The molecular weight excluding hydrogens is 282 g/mol. The summed E-state index contributed by atoms with van der Waals surface area (Å²) < 4.78 is 10.8. The second kappa shape index (κ2) is 5.18. The zero-order valence-corrected chi connectivity index (χ0v) is 12.0. The molecule has 3 rings (SSSR count). The van der Waals surface area contributed by atoms with Crippen molar-refractivity contribution in [3.8, 4) is 11.5 Å². The number of aromatic nitrogens is 3. The normalized spacial score (nSPS) is 11.1. The van der Waals surface area contributed by atoms with E-state index in [-0.39, 0.29) is 0 Å². The van der Waals surface area contributed by atoms with Crippen LogP contribution in [0.1, 0.15) is 16.5 Å². The maximum atomic E-state index is 5.59. The minimum Gasteiger partial charge on any atom is -0.469 e. The minimum absolute atomic E-state index is 0.489. The van der Waals surface area contributed by atoms with Crippen molar-refractivity contribution in [1.29, 1.82) is 0 Å². The Morgan fingerprint density at radius 3 is 2.89 bits per heavy atom. The van der Waals surface area contributed by atoms with Crippen LogP contribution in [0.25, 0.3) is 11.5 Å². The van der Waals surface area contributed by atoms with Crippen molar-refractivity contribution in [2.24, 2.45) is 0 Å². The number of thiazole rings is 1. The molecule has 3 heterocycles. The van der Waals surface area contributed by atoms with Gasteiger partial charge in [-0.3, -0.25) is 0 Å². The fraction of sp³-hybridized carbons (Fsp3) is 0.250. The summed E-state index contributed by atoms with van der Waals surface area (Å²) in [5, 5.41) is 11.7. The molecule has 0 bridgehead atoms. The van der Waals surface area contributed by atoms with E-state index in [0.29, 0.717) is 11.1 Å². The monoisotopic (exact) mass is 293 g/mol. The fourth-order valence-electron chi connectivity index (χ4n) is 1.59. The SMILES string of the molecule is Cc1nc(CSc2nnc(-c3ccoc3C)o2)cs1. The number of thioether (sulfide) groups is 1. The highest BCUT2D eigenvalue weighted by molar-refractivity contribution is 7.98. The summed E-state index contributed by atoms with van der Waals surface area (Å²) in [6.45, 7) is 3.86. The highest BCUT2D eigenvalue weighted by atomic mass is 32.2. The molecule has 3 aromatic rings. The molecule has 19 heavy (non-hydrogen) atoms. The lowest BCUT2D eigenvalue weighted by Gasteiger charge is -1.92. The van der Waals surface area contributed by atoms with Crippen LogP contribution in [0.3, 0.4) is 0 Å².